The van der Waals surface area contributed by atoms with Crippen molar-refractivity contribution < 1.29 is 17.9 Å². The molecule has 1 heterocycles. The number of ether oxygens (including phenoxy) is 1. The van der Waals surface area contributed by atoms with Crippen LogP contribution in [0.25, 0.3) is 0 Å². The Morgan fingerprint density at radius 1 is 1.37 bits per heavy atom. The summed E-state index contributed by atoms with van der Waals surface area (Å²) in [5, 5.41) is 0. The molecule has 7 heteroatoms. The van der Waals surface area contributed by atoms with Crippen LogP contribution in [-0.4, -0.2) is 18.8 Å². The predicted octanol–water partition coefficient (Wildman–Crippen LogP) is 1.45. The number of benzene rings is 1. The summed E-state index contributed by atoms with van der Waals surface area (Å²) in [7, 11) is 0. The third kappa shape index (κ3) is 1.57. The van der Waals surface area contributed by atoms with Crippen molar-refractivity contribution in [1.82, 2.24) is 0 Å². The van der Waals surface area contributed by atoms with Crippen molar-refractivity contribution >= 4 is 11.7 Å². The quantitative estimate of drug-likeness (QED) is 0.799. The van der Waals surface area contributed by atoms with Gasteiger partial charge in [0.2, 0.25) is 0 Å². The summed E-state index contributed by atoms with van der Waals surface area (Å²) in [6, 6.07) is 1.85. The highest BCUT2D eigenvalue weighted by Gasteiger charge is 2.61. The lowest BCUT2D eigenvalue weighted by molar-refractivity contribution is 0.164. The zero-order valence-corrected chi connectivity index (χ0v) is 9.87. The molecular weight excluding hydrogens is 259 g/mol. The molecule has 1 aliphatic heterocycles. The molecule has 102 valence electrons. The number of aliphatic imine (C=N–C) groups is 1. The van der Waals surface area contributed by atoms with Gasteiger partial charge in [0, 0.05) is 5.92 Å². The normalized spacial score (nSPS) is 32.3. The van der Waals surface area contributed by atoms with Gasteiger partial charge in [0.15, 0.2) is 5.82 Å². The maximum absolute atomic E-state index is 14.1. The largest absolute Gasteiger partial charge is 0.462 e. The topological polar surface area (TPSA) is 73.6 Å². The second kappa shape index (κ2) is 3.79. The van der Waals surface area contributed by atoms with E-state index in [1.807, 2.05) is 0 Å². The molecule has 0 radical (unpaired) electrons. The maximum atomic E-state index is 14.1. The molecule has 1 saturated carbocycles. The van der Waals surface area contributed by atoms with Crippen LogP contribution < -0.4 is 11.5 Å². The molecule has 0 unspecified atom stereocenters. The van der Waals surface area contributed by atoms with Crippen LogP contribution in [0, 0.1) is 17.6 Å². The van der Waals surface area contributed by atoms with Gasteiger partial charge >= 0.3 is 0 Å². The van der Waals surface area contributed by atoms with Crippen LogP contribution in [0.3, 0.4) is 0 Å². The van der Waals surface area contributed by atoms with Gasteiger partial charge in [-0.25, -0.2) is 18.2 Å². The third-order valence-electron chi connectivity index (χ3n) is 3.68. The molecule has 4 N–H and O–H groups in total. The Labute approximate surface area is 107 Å². The number of alkyl halides is 1. The molecule has 4 nitrogen and oxygen atoms in total. The smallest absolute Gasteiger partial charge is 0.283 e. The molecule has 19 heavy (non-hydrogen) atoms. The summed E-state index contributed by atoms with van der Waals surface area (Å²) in [5.41, 5.74) is 8.51. The fraction of sp³-hybridized carbons (Fsp3) is 0.417. The number of nitrogens with zero attached hydrogens (tertiary/aromatic N) is 1. The number of amidine groups is 1. The molecule has 1 aromatic rings. The summed E-state index contributed by atoms with van der Waals surface area (Å²) >= 11 is 0. The van der Waals surface area contributed by atoms with Gasteiger partial charge in [0.05, 0.1) is 11.3 Å². The van der Waals surface area contributed by atoms with E-state index in [4.69, 9.17) is 16.2 Å². The first-order chi connectivity index (χ1) is 8.99. The van der Waals surface area contributed by atoms with Crippen LogP contribution in [0.4, 0.5) is 18.9 Å². The molecule has 0 amide bonds. The molecule has 2 aliphatic rings. The van der Waals surface area contributed by atoms with E-state index >= 15 is 0 Å². The van der Waals surface area contributed by atoms with Crippen molar-refractivity contribution in [3.8, 4) is 0 Å². The number of halogens is 3. The van der Waals surface area contributed by atoms with E-state index in [0.29, 0.717) is 6.42 Å². The average Bonchev–Trinajstić information content (AvgIpc) is 3.13. The van der Waals surface area contributed by atoms with E-state index in [-0.39, 0.29) is 17.8 Å². The molecule has 1 aromatic carbocycles. The number of hydrogen-bond donors (Lipinski definition) is 2. The summed E-state index contributed by atoms with van der Waals surface area (Å²) in [6.07, 6.45) is 0.121. The van der Waals surface area contributed by atoms with Crippen molar-refractivity contribution in [1.29, 1.82) is 0 Å². The molecular formula is C12H12F3N3O. The number of rotatable bonds is 2. The number of fused-ring (bicyclic) bond motifs is 1. The molecule has 3 rings (SSSR count). The molecule has 1 fully saturated rings. The molecule has 0 aromatic heterocycles. The third-order valence-corrected chi connectivity index (χ3v) is 3.68. The van der Waals surface area contributed by atoms with E-state index in [1.54, 1.807) is 0 Å². The molecule has 0 saturated heterocycles. The highest BCUT2D eigenvalue weighted by Crippen LogP contribution is 2.54. The summed E-state index contributed by atoms with van der Waals surface area (Å²) in [6.45, 7) is -1.06. The van der Waals surface area contributed by atoms with Crippen molar-refractivity contribution in [2.45, 2.75) is 18.1 Å². The Morgan fingerprint density at radius 3 is 2.79 bits per heavy atom. The van der Waals surface area contributed by atoms with Gasteiger partial charge < -0.3 is 16.2 Å². The van der Waals surface area contributed by atoms with Crippen molar-refractivity contribution in [2.24, 2.45) is 16.6 Å². The highest BCUT2D eigenvalue weighted by atomic mass is 19.1. The minimum atomic E-state index is -1.67. The van der Waals surface area contributed by atoms with Crippen molar-refractivity contribution in [3.63, 3.8) is 0 Å². The Bertz CT molecular complexity index is 578. The number of nitrogen functional groups attached to an aromatic ring is 1. The highest BCUT2D eigenvalue weighted by molar-refractivity contribution is 5.74. The molecule has 3 atom stereocenters. The molecule has 1 aliphatic carbocycles. The summed E-state index contributed by atoms with van der Waals surface area (Å²) in [5.74, 6) is -2.29. The van der Waals surface area contributed by atoms with Gasteiger partial charge in [-0.15, -0.1) is 0 Å². The van der Waals surface area contributed by atoms with Crippen molar-refractivity contribution in [2.75, 3.05) is 12.4 Å². The van der Waals surface area contributed by atoms with Gasteiger partial charge in [0.25, 0.3) is 6.02 Å². The van der Waals surface area contributed by atoms with Crippen molar-refractivity contribution in [3.05, 3.63) is 29.3 Å². The Hall–Kier alpha value is -1.92. The minimum absolute atomic E-state index is 0.248. The molecule has 0 spiro atoms. The van der Waals surface area contributed by atoms with Gasteiger partial charge in [-0.05, 0) is 18.6 Å². The number of hydrogen-bond acceptors (Lipinski definition) is 4. The van der Waals surface area contributed by atoms with Crippen LogP contribution >= 0.6 is 0 Å². The fourth-order valence-electron chi connectivity index (χ4n) is 2.67. The van der Waals surface area contributed by atoms with E-state index in [0.717, 1.165) is 12.1 Å². The summed E-state index contributed by atoms with van der Waals surface area (Å²) < 4.78 is 46.8. The van der Waals surface area contributed by atoms with E-state index in [2.05, 4.69) is 4.99 Å². The minimum Gasteiger partial charge on any atom is -0.462 e. The monoisotopic (exact) mass is 271 g/mol. The Morgan fingerprint density at radius 2 is 2.11 bits per heavy atom. The molecule has 0 bridgehead atoms. The second-order valence-electron chi connectivity index (χ2n) is 4.83. The van der Waals surface area contributed by atoms with Crippen LogP contribution in [0.1, 0.15) is 12.0 Å². The standard InChI is InChI=1S/C12H12F3N3O/c13-4-12(5-3-8(5)19-11(17)18-12)9-6(14)1-2-7(16)10(9)15/h1-2,5,8H,3-4,16H2,(H2,17,18)/t5-,8+,12+/m1/s1. The van der Waals surface area contributed by atoms with Gasteiger partial charge in [-0.1, -0.05) is 0 Å². The first-order valence-corrected chi connectivity index (χ1v) is 5.81. The SMILES string of the molecule is NC1=N[C@](CF)(c2c(F)ccc(N)c2F)[C@@H]2C[C@@H]2O1. The zero-order valence-electron chi connectivity index (χ0n) is 9.87. The average molecular weight is 271 g/mol. The lowest BCUT2D eigenvalue weighted by Crippen LogP contribution is -2.40. The number of nitrogens with two attached hydrogens (primary N) is 2. The predicted molar refractivity (Wildman–Crippen MR) is 63.0 cm³/mol. The maximum Gasteiger partial charge on any atom is 0.283 e. The first-order valence-electron chi connectivity index (χ1n) is 5.81. The van der Waals surface area contributed by atoms with Gasteiger partial charge in [-0.2, -0.15) is 0 Å². The lowest BCUT2D eigenvalue weighted by atomic mass is 9.85. The van der Waals surface area contributed by atoms with Gasteiger partial charge in [0.1, 0.15) is 24.1 Å². The summed E-state index contributed by atoms with van der Waals surface area (Å²) in [4.78, 5) is 3.85. The zero-order chi connectivity index (χ0) is 13.8. The second-order valence-corrected chi connectivity index (χ2v) is 4.83. The van der Waals surface area contributed by atoms with Crippen LogP contribution in [0.15, 0.2) is 17.1 Å². The van der Waals surface area contributed by atoms with Crippen LogP contribution in [0.2, 0.25) is 0 Å². The van der Waals surface area contributed by atoms with Crippen LogP contribution in [0.5, 0.6) is 0 Å². The van der Waals surface area contributed by atoms with E-state index in [1.165, 1.54) is 0 Å². The lowest BCUT2D eigenvalue weighted by Gasteiger charge is -2.31. The fourth-order valence-corrected chi connectivity index (χ4v) is 2.67. The Kier molecular flexibility index (Phi) is 2.42. The number of anilines is 1. The van der Waals surface area contributed by atoms with Crippen LogP contribution in [-0.2, 0) is 10.3 Å². The van der Waals surface area contributed by atoms with Gasteiger partial charge in [-0.3, -0.25) is 0 Å². The van der Waals surface area contributed by atoms with E-state index < -0.39 is 35.3 Å². The van der Waals surface area contributed by atoms with E-state index in [9.17, 15) is 13.2 Å². The first kappa shape index (κ1) is 12.1. The Balaban J connectivity index is 2.23.